The first-order chi connectivity index (χ1) is 12.6. The predicted molar refractivity (Wildman–Crippen MR) is 96.4 cm³/mol. The van der Waals surface area contributed by atoms with Gasteiger partial charge in [-0.3, -0.25) is 9.59 Å². The second-order valence-corrected chi connectivity index (χ2v) is 5.54. The number of nitrogens with one attached hydrogen (secondary N) is 2. The van der Waals surface area contributed by atoms with Crippen molar-refractivity contribution in [2.24, 2.45) is 0 Å². The second-order valence-electron chi connectivity index (χ2n) is 5.54. The highest BCUT2D eigenvalue weighted by Gasteiger charge is 2.06. The molecule has 8 nitrogen and oxygen atoms in total. The fraction of sp³-hybridized carbons (Fsp3) is 0.167. The van der Waals surface area contributed by atoms with Crippen LogP contribution in [0.2, 0.25) is 0 Å². The topological polar surface area (TPSA) is 102 Å². The van der Waals surface area contributed by atoms with Crippen LogP contribution in [-0.4, -0.2) is 44.8 Å². The van der Waals surface area contributed by atoms with E-state index in [-0.39, 0.29) is 11.7 Å². The third-order valence-corrected chi connectivity index (χ3v) is 3.66. The van der Waals surface area contributed by atoms with Gasteiger partial charge in [0.1, 0.15) is 5.82 Å². The van der Waals surface area contributed by atoms with Gasteiger partial charge in [0.05, 0.1) is 0 Å². The number of anilines is 1. The SMILES string of the molecule is CC(=O)c1ccc(C(=O)NCCNc2ccc(-n3cccn3)nn2)cc1. The van der Waals surface area contributed by atoms with Crippen molar-refractivity contribution in [3.63, 3.8) is 0 Å². The van der Waals surface area contributed by atoms with Gasteiger partial charge in [-0.25, -0.2) is 4.68 Å². The number of benzene rings is 1. The van der Waals surface area contributed by atoms with Crippen molar-refractivity contribution >= 4 is 17.5 Å². The Kier molecular flexibility index (Phi) is 5.33. The molecule has 0 spiro atoms. The molecule has 0 saturated heterocycles. The predicted octanol–water partition coefficient (Wildman–Crippen LogP) is 1.71. The number of amides is 1. The van der Waals surface area contributed by atoms with E-state index in [1.165, 1.54) is 6.92 Å². The van der Waals surface area contributed by atoms with E-state index in [0.29, 0.717) is 35.9 Å². The molecular weight excluding hydrogens is 332 g/mol. The molecular formula is C18H18N6O2. The number of rotatable bonds is 7. The molecule has 0 unspecified atom stereocenters. The lowest BCUT2D eigenvalue weighted by atomic mass is 10.1. The van der Waals surface area contributed by atoms with Gasteiger partial charge in [0, 0.05) is 36.6 Å². The fourth-order valence-corrected chi connectivity index (χ4v) is 2.27. The highest BCUT2D eigenvalue weighted by Crippen LogP contribution is 2.06. The van der Waals surface area contributed by atoms with Crippen LogP contribution in [0.4, 0.5) is 5.82 Å². The maximum atomic E-state index is 12.1. The van der Waals surface area contributed by atoms with Crippen LogP contribution in [0.25, 0.3) is 5.82 Å². The Labute approximate surface area is 150 Å². The fourth-order valence-electron chi connectivity index (χ4n) is 2.27. The summed E-state index contributed by atoms with van der Waals surface area (Å²) >= 11 is 0. The summed E-state index contributed by atoms with van der Waals surface area (Å²) in [6.45, 7) is 2.42. The minimum atomic E-state index is -0.193. The summed E-state index contributed by atoms with van der Waals surface area (Å²) in [4.78, 5) is 23.3. The van der Waals surface area contributed by atoms with Gasteiger partial charge in [0.2, 0.25) is 0 Å². The molecule has 1 aromatic carbocycles. The Hall–Kier alpha value is -3.55. The Bertz CT molecular complexity index is 873. The van der Waals surface area contributed by atoms with Crippen LogP contribution in [0, 0.1) is 0 Å². The van der Waals surface area contributed by atoms with Crippen molar-refractivity contribution in [3.05, 3.63) is 66.0 Å². The number of carbonyl (C=O) groups is 2. The monoisotopic (exact) mass is 350 g/mol. The summed E-state index contributed by atoms with van der Waals surface area (Å²) in [6.07, 6.45) is 3.46. The molecule has 132 valence electrons. The smallest absolute Gasteiger partial charge is 0.251 e. The van der Waals surface area contributed by atoms with Crippen molar-refractivity contribution < 1.29 is 9.59 Å². The van der Waals surface area contributed by atoms with E-state index < -0.39 is 0 Å². The van der Waals surface area contributed by atoms with Gasteiger partial charge in [-0.1, -0.05) is 12.1 Å². The van der Waals surface area contributed by atoms with Crippen LogP contribution < -0.4 is 10.6 Å². The number of hydrogen-bond acceptors (Lipinski definition) is 6. The number of hydrogen-bond donors (Lipinski definition) is 2. The molecule has 2 aromatic heterocycles. The van der Waals surface area contributed by atoms with Crippen LogP contribution in [0.3, 0.4) is 0 Å². The Morgan fingerprint density at radius 3 is 2.38 bits per heavy atom. The number of Topliss-reactive ketones (excluding diaryl/α,β-unsaturated/α-hetero) is 1. The first kappa shape index (κ1) is 17.3. The van der Waals surface area contributed by atoms with Crippen molar-refractivity contribution in [2.45, 2.75) is 6.92 Å². The summed E-state index contributed by atoms with van der Waals surface area (Å²) in [5, 5.41) is 18.1. The van der Waals surface area contributed by atoms with E-state index in [2.05, 4.69) is 25.9 Å². The summed E-state index contributed by atoms with van der Waals surface area (Å²) in [5.41, 5.74) is 1.10. The molecule has 26 heavy (non-hydrogen) atoms. The average molecular weight is 350 g/mol. The first-order valence-electron chi connectivity index (χ1n) is 8.10. The highest BCUT2D eigenvalue weighted by atomic mass is 16.1. The maximum Gasteiger partial charge on any atom is 0.251 e. The quantitative estimate of drug-likeness (QED) is 0.497. The molecule has 0 aliphatic carbocycles. The van der Waals surface area contributed by atoms with Crippen LogP contribution in [0.5, 0.6) is 0 Å². The number of aromatic nitrogens is 4. The molecule has 2 N–H and O–H groups in total. The summed E-state index contributed by atoms with van der Waals surface area (Å²) in [5.74, 6) is 1.02. The highest BCUT2D eigenvalue weighted by molar-refractivity contribution is 5.97. The molecule has 0 saturated carbocycles. The zero-order valence-electron chi connectivity index (χ0n) is 14.2. The van der Waals surface area contributed by atoms with E-state index in [0.717, 1.165) is 0 Å². The second kappa shape index (κ2) is 8.02. The van der Waals surface area contributed by atoms with E-state index in [9.17, 15) is 9.59 Å². The summed E-state index contributed by atoms with van der Waals surface area (Å²) < 4.78 is 1.62. The van der Waals surface area contributed by atoms with Crippen molar-refractivity contribution in [2.75, 3.05) is 18.4 Å². The molecule has 8 heteroatoms. The third kappa shape index (κ3) is 4.29. The zero-order chi connectivity index (χ0) is 18.4. The lowest BCUT2D eigenvalue weighted by Gasteiger charge is -2.08. The molecule has 0 atom stereocenters. The summed E-state index contributed by atoms with van der Waals surface area (Å²) in [7, 11) is 0. The normalized spacial score (nSPS) is 10.3. The lowest BCUT2D eigenvalue weighted by Crippen LogP contribution is -2.28. The minimum absolute atomic E-state index is 0.0270. The largest absolute Gasteiger partial charge is 0.367 e. The van der Waals surface area contributed by atoms with Crippen LogP contribution in [0.1, 0.15) is 27.6 Å². The molecule has 3 rings (SSSR count). The van der Waals surface area contributed by atoms with Gasteiger partial charge in [0.15, 0.2) is 11.6 Å². The van der Waals surface area contributed by atoms with Crippen molar-refractivity contribution in [1.29, 1.82) is 0 Å². The van der Waals surface area contributed by atoms with Gasteiger partial charge < -0.3 is 10.6 Å². The van der Waals surface area contributed by atoms with Gasteiger partial charge >= 0.3 is 0 Å². The molecule has 1 amide bonds. The maximum absolute atomic E-state index is 12.1. The van der Waals surface area contributed by atoms with Gasteiger partial charge in [-0.05, 0) is 37.3 Å². The zero-order valence-corrected chi connectivity index (χ0v) is 14.2. The van der Waals surface area contributed by atoms with E-state index >= 15 is 0 Å². The van der Waals surface area contributed by atoms with E-state index in [4.69, 9.17) is 0 Å². The molecule has 2 heterocycles. The first-order valence-corrected chi connectivity index (χ1v) is 8.10. The molecule has 0 bridgehead atoms. The Morgan fingerprint density at radius 2 is 1.77 bits per heavy atom. The average Bonchev–Trinajstić information content (AvgIpc) is 3.20. The van der Waals surface area contributed by atoms with Crippen LogP contribution in [0.15, 0.2) is 54.9 Å². The van der Waals surface area contributed by atoms with Crippen molar-refractivity contribution in [1.82, 2.24) is 25.3 Å². The molecule has 0 fully saturated rings. The van der Waals surface area contributed by atoms with Gasteiger partial charge in [-0.2, -0.15) is 5.10 Å². The summed E-state index contributed by atoms with van der Waals surface area (Å²) in [6, 6.07) is 12.0. The van der Waals surface area contributed by atoms with E-state index in [1.54, 1.807) is 53.5 Å². The van der Waals surface area contributed by atoms with E-state index in [1.807, 2.05) is 6.07 Å². The van der Waals surface area contributed by atoms with Gasteiger partial charge in [-0.15, -0.1) is 10.2 Å². The molecule has 0 radical (unpaired) electrons. The number of ketones is 1. The minimum Gasteiger partial charge on any atom is -0.367 e. The number of carbonyl (C=O) groups excluding carboxylic acids is 2. The van der Waals surface area contributed by atoms with Crippen LogP contribution >= 0.6 is 0 Å². The Morgan fingerprint density at radius 1 is 1.00 bits per heavy atom. The standard InChI is InChI=1S/C18H18N6O2/c1-13(25)14-3-5-15(6-4-14)18(26)20-11-10-19-16-7-8-17(23-22-16)24-12-2-9-21-24/h2-9,12H,10-11H2,1H3,(H,19,22)(H,20,26). The molecule has 3 aromatic rings. The molecule has 0 aliphatic rings. The Balaban J connectivity index is 1.45. The van der Waals surface area contributed by atoms with Crippen molar-refractivity contribution in [3.8, 4) is 5.82 Å². The van der Waals surface area contributed by atoms with Crippen LogP contribution in [-0.2, 0) is 0 Å². The molecule has 0 aliphatic heterocycles. The lowest BCUT2D eigenvalue weighted by molar-refractivity contribution is 0.0953. The number of nitrogens with zero attached hydrogens (tertiary/aromatic N) is 4. The third-order valence-electron chi connectivity index (χ3n) is 3.66. The van der Waals surface area contributed by atoms with Gasteiger partial charge in [0.25, 0.3) is 5.91 Å².